The topological polar surface area (TPSA) is 117 Å². The van der Waals surface area contributed by atoms with E-state index in [4.69, 9.17) is 9.47 Å². The van der Waals surface area contributed by atoms with Gasteiger partial charge in [0, 0.05) is 5.75 Å². The van der Waals surface area contributed by atoms with Gasteiger partial charge in [0.2, 0.25) is 0 Å². The number of amides is 1. The third kappa shape index (κ3) is 11.4. The number of methoxy groups -OCH3 is 3. The summed E-state index contributed by atoms with van der Waals surface area (Å²) in [4.78, 5) is 46.8. The first kappa shape index (κ1) is 25.0. The lowest BCUT2D eigenvalue weighted by Gasteiger charge is -2.22. The number of nitrogens with one attached hydrogen (secondary N) is 1. The summed E-state index contributed by atoms with van der Waals surface area (Å²) in [7, 11) is 3.71. The molecule has 0 saturated carbocycles. The summed E-state index contributed by atoms with van der Waals surface area (Å²) in [5.41, 5.74) is -0.693. The van der Waals surface area contributed by atoms with Crippen molar-refractivity contribution in [3.05, 3.63) is 0 Å². The van der Waals surface area contributed by atoms with Gasteiger partial charge in [0.25, 0.3) is 0 Å². The smallest absolute Gasteiger partial charge is 0.408 e. The van der Waals surface area contributed by atoms with Gasteiger partial charge in [-0.1, -0.05) is 0 Å². The van der Waals surface area contributed by atoms with Gasteiger partial charge in [0.1, 0.15) is 11.6 Å². The van der Waals surface area contributed by atoms with E-state index in [1.54, 1.807) is 20.8 Å². The molecule has 0 heterocycles. The Labute approximate surface area is 163 Å². The number of thioether (sulfide) groups is 1. The van der Waals surface area contributed by atoms with Gasteiger partial charge < -0.3 is 24.3 Å². The normalized spacial score (nSPS) is 13.1. The second-order valence-corrected chi connectivity index (χ2v) is 7.74. The molecule has 0 aromatic rings. The second kappa shape index (κ2) is 12.4. The highest BCUT2D eigenvalue weighted by Crippen LogP contribution is 2.17. The SMILES string of the molecule is COC(=O)CC(CSCC[C@H](NC(=O)OC(C)(C)C)C(=O)OC)C(=O)OC. The zero-order valence-corrected chi connectivity index (χ0v) is 17.5. The summed E-state index contributed by atoms with van der Waals surface area (Å²) >= 11 is 1.35. The van der Waals surface area contributed by atoms with E-state index in [0.717, 1.165) is 0 Å². The van der Waals surface area contributed by atoms with Crippen LogP contribution in [0.2, 0.25) is 0 Å². The van der Waals surface area contributed by atoms with Crippen molar-refractivity contribution in [3.8, 4) is 0 Å². The number of hydrogen-bond acceptors (Lipinski definition) is 9. The van der Waals surface area contributed by atoms with Crippen LogP contribution in [0.3, 0.4) is 0 Å². The predicted molar refractivity (Wildman–Crippen MR) is 99.3 cm³/mol. The van der Waals surface area contributed by atoms with Crippen LogP contribution in [0.1, 0.15) is 33.6 Å². The van der Waals surface area contributed by atoms with Gasteiger partial charge in [-0.15, -0.1) is 0 Å². The Morgan fingerprint density at radius 3 is 2.04 bits per heavy atom. The van der Waals surface area contributed by atoms with Gasteiger partial charge in [-0.05, 0) is 32.9 Å². The van der Waals surface area contributed by atoms with Crippen LogP contribution in [0.25, 0.3) is 0 Å². The van der Waals surface area contributed by atoms with Crippen LogP contribution in [-0.2, 0) is 33.3 Å². The number of carbonyl (C=O) groups excluding carboxylic acids is 4. The molecule has 0 saturated heterocycles. The summed E-state index contributed by atoms with van der Waals surface area (Å²) < 4.78 is 19.1. The minimum atomic E-state index is -0.880. The van der Waals surface area contributed by atoms with Gasteiger partial charge in [-0.25, -0.2) is 9.59 Å². The fourth-order valence-corrected chi connectivity index (χ4v) is 3.04. The Morgan fingerprint density at radius 1 is 0.963 bits per heavy atom. The highest BCUT2D eigenvalue weighted by Gasteiger charge is 2.26. The molecule has 0 radical (unpaired) electrons. The average Bonchev–Trinajstić information content (AvgIpc) is 2.59. The molecule has 2 atom stereocenters. The zero-order chi connectivity index (χ0) is 21.0. The first-order valence-electron chi connectivity index (χ1n) is 8.33. The van der Waals surface area contributed by atoms with E-state index in [1.807, 2.05) is 0 Å². The largest absolute Gasteiger partial charge is 0.469 e. The number of alkyl carbamates (subject to hydrolysis) is 1. The average molecular weight is 407 g/mol. The van der Waals surface area contributed by atoms with Crippen molar-refractivity contribution in [2.75, 3.05) is 32.8 Å². The molecule has 0 aliphatic carbocycles. The molecule has 0 aliphatic rings. The molecule has 0 aliphatic heterocycles. The van der Waals surface area contributed by atoms with Crippen LogP contribution in [0.5, 0.6) is 0 Å². The van der Waals surface area contributed by atoms with Crippen molar-refractivity contribution < 1.29 is 38.1 Å². The van der Waals surface area contributed by atoms with E-state index >= 15 is 0 Å². The molecule has 1 unspecified atom stereocenters. The van der Waals surface area contributed by atoms with Gasteiger partial charge in [-0.2, -0.15) is 11.8 Å². The lowest BCUT2D eigenvalue weighted by atomic mass is 10.1. The Bertz CT molecular complexity index is 518. The molecule has 0 aromatic heterocycles. The Morgan fingerprint density at radius 2 is 1.56 bits per heavy atom. The van der Waals surface area contributed by atoms with Gasteiger partial charge in [0.05, 0.1) is 33.7 Å². The Kier molecular flexibility index (Phi) is 11.5. The van der Waals surface area contributed by atoms with E-state index in [1.165, 1.54) is 33.1 Å². The van der Waals surface area contributed by atoms with Crippen LogP contribution >= 0.6 is 11.8 Å². The van der Waals surface area contributed by atoms with Crippen molar-refractivity contribution in [2.24, 2.45) is 5.92 Å². The lowest BCUT2D eigenvalue weighted by molar-refractivity contribution is -0.151. The van der Waals surface area contributed by atoms with Crippen molar-refractivity contribution in [3.63, 3.8) is 0 Å². The highest BCUT2D eigenvalue weighted by atomic mass is 32.2. The van der Waals surface area contributed by atoms with Gasteiger partial charge >= 0.3 is 24.0 Å². The maximum absolute atomic E-state index is 11.9. The van der Waals surface area contributed by atoms with E-state index in [2.05, 4.69) is 14.8 Å². The number of rotatable bonds is 10. The predicted octanol–water partition coefficient (Wildman–Crippen LogP) is 1.53. The second-order valence-electron chi connectivity index (χ2n) is 6.59. The number of hydrogen-bond donors (Lipinski definition) is 1. The molecule has 0 bridgehead atoms. The molecular weight excluding hydrogens is 378 g/mol. The fourth-order valence-electron chi connectivity index (χ4n) is 1.93. The Balaban J connectivity index is 4.61. The molecule has 1 N–H and O–H groups in total. The number of esters is 3. The van der Waals surface area contributed by atoms with Gasteiger partial charge in [-0.3, -0.25) is 9.59 Å². The fraction of sp³-hybridized carbons (Fsp3) is 0.765. The summed E-state index contributed by atoms with van der Waals surface area (Å²) in [6.45, 7) is 5.14. The molecule has 9 nitrogen and oxygen atoms in total. The van der Waals surface area contributed by atoms with Crippen molar-refractivity contribution in [2.45, 2.75) is 45.3 Å². The maximum atomic E-state index is 11.9. The van der Waals surface area contributed by atoms with Crippen LogP contribution in [0, 0.1) is 5.92 Å². The third-order valence-electron chi connectivity index (χ3n) is 3.22. The number of carbonyl (C=O) groups is 4. The molecule has 10 heteroatoms. The van der Waals surface area contributed by atoms with Crippen molar-refractivity contribution >= 4 is 35.8 Å². The monoisotopic (exact) mass is 407 g/mol. The van der Waals surface area contributed by atoms with E-state index in [0.29, 0.717) is 11.5 Å². The molecule has 1 amide bonds. The van der Waals surface area contributed by atoms with Crippen LogP contribution in [0.15, 0.2) is 0 Å². The molecule has 0 fully saturated rings. The van der Waals surface area contributed by atoms with Crippen LogP contribution in [-0.4, -0.2) is 68.5 Å². The minimum absolute atomic E-state index is 0.0905. The Hall–Kier alpha value is -1.97. The molecule has 27 heavy (non-hydrogen) atoms. The lowest BCUT2D eigenvalue weighted by Crippen LogP contribution is -2.44. The molecular formula is C17H29NO8S. The number of ether oxygens (including phenoxy) is 4. The van der Waals surface area contributed by atoms with Crippen LogP contribution in [0.4, 0.5) is 4.79 Å². The molecule has 0 rings (SSSR count). The summed E-state index contributed by atoms with van der Waals surface area (Å²) in [6.07, 6.45) is -0.545. The van der Waals surface area contributed by atoms with Crippen molar-refractivity contribution in [1.82, 2.24) is 5.32 Å². The maximum Gasteiger partial charge on any atom is 0.408 e. The highest BCUT2D eigenvalue weighted by molar-refractivity contribution is 7.99. The summed E-state index contributed by atoms with van der Waals surface area (Å²) in [6, 6.07) is -0.880. The summed E-state index contributed by atoms with van der Waals surface area (Å²) in [5, 5.41) is 2.47. The van der Waals surface area contributed by atoms with E-state index in [9.17, 15) is 19.2 Å². The van der Waals surface area contributed by atoms with E-state index < -0.39 is 41.6 Å². The molecule has 0 spiro atoms. The first-order valence-corrected chi connectivity index (χ1v) is 9.49. The van der Waals surface area contributed by atoms with Crippen molar-refractivity contribution in [1.29, 1.82) is 0 Å². The summed E-state index contributed by atoms with van der Waals surface area (Å²) in [5.74, 6) is -1.52. The molecule has 156 valence electrons. The molecule has 0 aromatic carbocycles. The standard InChI is InChI=1S/C17H29NO8S/c1-17(2,3)26-16(22)18-12(15(21)25-6)7-8-27-10-11(14(20)24-5)9-13(19)23-4/h11-12H,7-10H2,1-6H3,(H,18,22)/t11?,12-/m0/s1. The van der Waals surface area contributed by atoms with Crippen LogP contribution < -0.4 is 5.32 Å². The zero-order valence-electron chi connectivity index (χ0n) is 16.7. The quantitative estimate of drug-likeness (QED) is 0.327. The third-order valence-corrected chi connectivity index (χ3v) is 4.38. The van der Waals surface area contributed by atoms with Gasteiger partial charge in [0.15, 0.2) is 0 Å². The van der Waals surface area contributed by atoms with E-state index in [-0.39, 0.29) is 12.8 Å². The first-order chi connectivity index (χ1) is 12.5. The minimum Gasteiger partial charge on any atom is -0.469 e.